The molecule has 0 spiro atoms. The molecule has 1 aromatic heterocycles. The van der Waals surface area contributed by atoms with Gasteiger partial charge in [-0.25, -0.2) is 0 Å². The number of nitrogens with zero attached hydrogens (tertiary/aromatic N) is 5. The van der Waals surface area contributed by atoms with Gasteiger partial charge >= 0.3 is 0 Å². The summed E-state index contributed by atoms with van der Waals surface area (Å²) < 4.78 is 1.19. The Morgan fingerprint density at radius 1 is 1.00 bits per heavy atom. The number of benzene rings is 1. The summed E-state index contributed by atoms with van der Waals surface area (Å²) in [5.41, 5.74) is 1.34. The number of anilines is 2. The van der Waals surface area contributed by atoms with E-state index in [1.807, 2.05) is 25.1 Å². The van der Waals surface area contributed by atoms with Crippen molar-refractivity contribution in [3.63, 3.8) is 0 Å². The molecule has 0 atom stereocenters. The Bertz CT molecular complexity index is 636. The molecular formula is C17H22BrN5. The molecule has 6 heteroatoms. The number of hydrogen-bond acceptors (Lipinski definition) is 5. The minimum atomic E-state index is 0.890. The van der Waals surface area contributed by atoms with Gasteiger partial charge in [0.2, 0.25) is 0 Å². The maximum Gasteiger partial charge on any atom is 0.151 e. The van der Waals surface area contributed by atoms with E-state index in [9.17, 15) is 0 Å². The van der Waals surface area contributed by atoms with Crippen LogP contribution in [-0.2, 0) is 6.54 Å². The fraction of sp³-hybridized carbons (Fsp3) is 0.412. The normalized spacial score (nSPS) is 15.7. The number of piperazine rings is 1. The molecule has 0 aliphatic carbocycles. The lowest BCUT2D eigenvalue weighted by molar-refractivity contribution is 0.249. The predicted octanol–water partition coefficient (Wildman–Crippen LogP) is 2.63. The van der Waals surface area contributed by atoms with Gasteiger partial charge in [0.15, 0.2) is 11.6 Å². The Balaban J connectivity index is 1.57. The minimum absolute atomic E-state index is 0.890. The van der Waals surface area contributed by atoms with Crippen LogP contribution in [0.3, 0.4) is 0 Å². The third-order valence-electron chi connectivity index (χ3n) is 4.14. The van der Waals surface area contributed by atoms with Crippen LogP contribution in [0.2, 0.25) is 0 Å². The SMILES string of the molecule is CN(C)c1ccc(N2CCN(Cc3ccccc3Br)CC2)nn1. The first-order valence-corrected chi connectivity index (χ1v) is 8.64. The third kappa shape index (κ3) is 4.00. The van der Waals surface area contributed by atoms with E-state index in [1.165, 1.54) is 10.0 Å². The van der Waals surface area contributed by atoms with Gasteiger partial charge in [-0.05, 0) is 23.8 Å². The second kappa shape index (κ2) is 7.27. The highest BCUT2D eigenvalue weighted by atomic mass is 79.9. The lowest BCUT2D eigenvalue weighted by Crippen LogP contribution is -2.46. The third-order valence-corrected chi connectivity index (χ3v) is 4.92. The molecule has 0 radical (unpaired) electrons. The van der Waals surface area contributed by atoms with E-state index in [2.05, 4.69) is 66.3 Å². The van der Waals surface area contributed by atoms with Crippen LogP contribution < -0.4 is 9.80 Å². The van der Waals surface area contributed by atoms with Crippen molar-refractivity contribution in [2.75, 3.05) is 50.1 Å². The molecule has 23 heavy (non-hydrogen) atoms. The van der Waals surface area contributed by atoms with Gasteiger partial charge in [0.1, 0.15) is 0 Å². The van der Waals surface area contributed by atoms with Crippen molar-refractivity contribution in [3.05, 3.63) is 46.4 Å². The van der Waals surface area contributed by atoms with Gasteiger partial charge in [-0.3, -0.25) is 4.90 Å². The summed E-state index contributed by atoms with van der Waals surface area (Å²) in [5.74, 6) is 1.86. The Hall–Kier alpha value is -1.66. The molecule has 2 aromatic rings. The van der Waals surface area contributed by atoms with Crippen molar-refractivity contribution in [1.82, 2.24) is 15.1 Å². The molecule has 2 heterocycles. The van der Waals surface area contributed by atoms with E-state index < -0.39 is 0 Å². The first-order chi connectivity index (χ1) is 11.1. The summed E-state index contributed by atoms with van der Waals surface area (Å²) in [7, 11) is 3.95. The van der Waals surface area contributed by atoms with Gasteiger partial charge in [-0.2, -0.15) is 0 Å². The highest BCUT2D eigenvalue weighted by molar-refractivity contribution is 9.10. The van der Waals surface area contributed by atoms with E-state index in [0.717, 1.165) is 44.4 Å². The number of hydrogen-bond donors (Lipinski definition) is 0. The molecule has 0 saturated carbocycles. The van der Waals surface area contributed by atoms with E-state index in [-0.39, 0.29) is 0 Å². The molecule has 0 unspecified atom stereocenters. The van der Waals surface area contributed by atoms with Gasteiger partial charge in [-0.1, -0.05) is 34.1 Å². The highest BCUT2D eigenvalue weighted by Crippen LogP contribution is 2.20. The molecule has 0 N–H and O–H groups in total. The zero-order valence-electron chi connectivity index (χ0n) is 13.6. The first-order valence-electron chi connectivity index (χ1n) is 7.85. The quantitative estimate of drug-likeness (QED) is 0.820. The molecule has 0 bridgehead atoms. The molecule has 5 nitrogen and oxygen atoms in total. The van der Waals surface area contributed by atoms with Crippen LogP contribution in [0.1, 0.15) is 5.56 Å². The van der Waals surface area contributed by atoms with Crippen LogP contribution in [0.5, 0.6) is 0 Å². The van der Waals surface area contributed by atoms with Gasteiger partial charge < -0.3 is 9.80 Å². The largest absolute Gasteiger partial charge is 0.361 e. The van der Waals surface area contributed by atoms with E-state index >= 15 is 0 Å². The van der Waals surface area contributed by atoms with Crippen molar-refractivity contribution in [3.8, 4) is 0 Å². The summed E-state index contributed by atoms with van der Waals surface area (Å²) in [6, 6.07) is 12.5. The van der Waals surface area contributed by atoms with Gasteiger partial charge in [0.25, 0.3) is 0 Å². The number of aromatic nitrogens is 2. The molecule has 1 fully saturated rings. The Labute approximate surface area is 146 Å². The van der Waals surface area contributed by atoms with Crippen molar-refractivity contribution >= 4 is 27.6 Å². The maximum atomic E-state index is 4.35. The Kier molecular flexibility index (Phi) is 5.13. The van der Waals surface area contributed by atoms with Crippen LogP contribution in [0.15, 0.2) is 40.9 Å². The summed E-state index contributed by atoms with van der Waals surface area (Å²) in [6.07, 6.45) is 0. The smallest absolute Gasteiger partial charge is 0.151 e. The zero-order chi connectivity index (χ0) is 16.2. The van der Waals surface area contributed by atoms with E-state index in [1.54, 1.807) is 0 Å². The van der Waals surface area contributed by atoms with Crippen LogP contribution >= 0.6 is 15.9 Å². The molecule has 1 aliphatic rings. The zero-order valence-corrected chi connectivity index (χ0v) is 15.2. The average molecular weight is 376 g/mol. The fourth-order valence-corrected chi connectivity index (χ4v) is 3.14. The molecule has 0 amide bonds. The fourth-order valence-electron chi connectivity index (χ4n) is 2.73. The topological polar surface area (TPSA) is 35.5 Å². The Morgan fingerprint density at radius 2 is 1.74 bits per heavy atom. The van der Waals surface area contributed by atoms with Crippen molar-refractivity contribution in [2.24, 2.45) is 0 Å². The molecule has 3 rings (SSSR count). The standard InChI is InChI=1S/C17H22BrN5/c1-21(2)16-7-8-17(20-19-16)23-11-9-22(10-12-23)13-14-5-3-4-6-15(14)18/h3-8H,9-13H2,1-2H3. The lowest BCUT2D eigenvalue weighted by Gasteiger charge is -2.35. The van der Waals surface area contributed by atoms with Gasteiger partial charge in [0.05, 0.1) is 0 Å². The predicted molar refractivity (Wildman–Crippen MR) is 98.0 cm³/mol. The Morgan fingerprint density at radius 3 is 2.35 bits per heavy atom. The van der Waals surface area contributed by atoms with Crippen LogP contribution in [0.25, 0.3) is 0 Å². The van der Waals surface area contributed by atoms with Crippen molar-refractivity contribution < 1.29 is 0 Å². The number of halogens is 1. The second-order valence-corrected chi connectivity index (χ2v) is 6.85. The van der Waals surface area contributed by atoms with Gasteiger partial charge in [0, 0.05) is 51.3 Å². The molecule has 1 aliphatic heterocycles. The molecular weight excluding hydrogens is 354 g/mol. The van der Waals surface area contributed by atoms with Crippen molar-refractivity contribution in [1.29, 1.82) is 0 Å². The summed E-state index contributed by atoms with van der Waals surface area (Å²) in [4.78, 5) is 6.76. The summed E-state index contributed by atoms with van der Waals surface area (Å²) in [5, 5.41) is 8.62. The summed E-state index contributed by atoms with van der Waals surface area (Å²) >= 11 is 3.63. The van der Waals surface area contributed by atoms with Crippen LogP contribution in [0.4, 0.5) is 11.6 Å². The first kappa shape index (κ1) is 16.2. The number of rotatable bonds is 4. The maximum absolute atomic E-state index is 4.35. The molecule has 122 valence electrons. The van der Waals surface area contributed by atoms with E-state index in [0.29, 0.717) is 0 Å². The van der Waals surface area contributed by atoms with Gasteiger partial charge in [-0.15, -0.1) is 10.2 Å². The van der Waals surface area contributed by atoms with Crippen LogP contribution in [0, 0.1) is 0 Å². The molecule has 1 saturated heterocycles. The van der Waals surface area contributed by atoms with E-state index in [4.69, 9.17) is 0 Å². The summed E-state index contributed by atoms with van der Waals surface area (Å²) in [6.45, 7) is 5.04. The monoisotopic (exact) mass is 375 g/mol. The second-order valence-electron chi connectivity index (χ2n) is 6.00. The minimum Gasteiger partial charge on any atom is -0.361 e. The average Bonchev–Trinajstić information content (AvgIpc) is 2.58. The van der Waals surface area contributed by atoms with Crippen LogP contribution in [-0.4, -0.2) is 55.4 Å². The van der Waals surface area contributed by atoms with Crippen molar-refractivity contribution in [2.45, 2.75) is 6.54 Å². The highest BCUT2D eigenvalue weighted by Gasteiger charge is 2.19. The molecule has 1 aromatic carbocycles. The lowest BCUT2D eigenvalue weighted by atomic mass is 10.2.